The van der Waals surface area contributed by atoms with Crippen molar-refractivity contribution in [3.05, 3.63) is 12.7 Å². The molecule has 0 aromatic heterocycles. The number of hydrogen-bond donors (Lipinski definition) is 0. The van der Waals surface area contributed by atoms with E-state index in [9.17, 15) is 0 Å². The molecule has 0 saturated carbocycles. The van der Waals surface area contributed by atoms with Gasteiger partial charge in [0.2, 0.25) is 0 Å². The van der Waals surface area contributed by atoms with Crippen molar-refractivity contribution in [2.24, 2.45) is 0 Å². The number of ether oxygens (including phenoxy) is 2. The van der Waals surface area contributed by atoms with Gasteiger partial charge in [-0.1, -0.05) is 31.8 Å². The number of allylic oxidation sites excluding steroid dienone is 1. The number of hydrogen-bond acceptors (Lipinski definition) is 2. The molecule has 1 fully saturated rings. The van der Waals surface area contributed by atoms with Gasteiger partial charge < -0.3 is 9.47 Å². The van der Waals surface area contributed by atoms with Gasteiger partial charge in [-0.15, -0.1) is 6.58 Å². The van der Waals surface area contributed by atoms with Crippen LogP contribution < -0.4 is 0 Å². The third kappa shape index (κ3) is 8.64. The second kappa shape index (κ2) is 8.93. The first-order valence-electron chi connectivity index (χ1n) is 6.23. The van der Waals surface area contributed by atoms with Gasteiger partial charge in [0.15, 0.2) is 0 Å². The molecule has 0 N–H and O–H groups in total. The van der Waals surface area contributed by atoms with Crippen LogP contribution in [0.5, 0.6) is 0 Å². The lowest BCUT2D eigenvalue weighted by Gasteiger charge is -2.02. The van der Waals surface area contributed by atoms with Crippen LogP contribution in [0.3, 0.4) is 0 Å². The standard InChI is InChI=1S/C13H24O2/c1-2-3-4-5-6-7-8-9-10-14-11-13-12-15-13/h2,13H,1,3-12H2/t13-/m0/s1. The quantitative estimate of drug-likeness (QED) is 0.298. The van der Waals surface area contributed by atoms with Crippen molar-refractivity contribution in [2.75, 3.05) is 19.8 Å². The Morgan fingerprint density at radius 3 is 2.47 bits per heavy atom. The molecule has 0 unspecified atom stereocenters. The third-order valence-electron chi connectivity index (χ3n) is 2.65. The van der Waals surface area contributed by atoms with E-state index in [-0.39, 0.29) is 0 Å². The Bertz CT molecular complexity index is 153. The van der Waals surface area contributed by atoms with E-state index in [1.54, 1.807) is 0 Å². The van der Waals surface area contributed by atoms with Crippen molar-refractivity contribution in [3.63, 3.8) is 0 Å². The SMILES string of the molecule is C=CCCCCCCCCOC[C@H]1CO1. The fourth-order valence-corrected chi connectivity index (χ4v) is 1.58. The highest BCUT2D eigenvalue weighted by atomic mass is 16.6. The Morgan fingerprint density at radius 1 is 1.13 bits per heavy atom. The Balaban J connectivity index is 1.63. The lowest BCUT2D eigenvalue weighted by atomic mass is 10.1. The van der Waals surface area contributed by atoms with E-state index in [0.29, 0.717) is 6.10 Å². The minimum absolute atomic E-state index is 0.420. The van der Waals surface area contributed by atoms with Crippen LogP contribution in [0.25, 0.3) is 0 Å². The van der Waals surface area contributed by atoms with Crippen molar-refractivity contribution in [1.82, 2.24) is 0 Å². The van der Waals surface area contributed by atoms with Gasteiger partial charge in [-0.25, -0.2) is 0 Å². The summed E-state index contributed by atoms with van der Waals surface area (Å²) in [5.74, 6) is 0. The first-order chi connectivity index (χ1) is 7.43. The summed E-state index contributed by atoms with van der Waals surface area (Å²) in [6.45, 7) is 6.34. The lowest BCUT2D eigenvalue weighted by Crippen LogP contribution is -2.02. The molecule has 1 heterocycles. The maximum atomic E-state index is 5.46. The van der Waals surface area contributed by atoms with Crippen molar-refractivity contribution in [1.29, 1.82) is 0 Å². The summed E-state index contributed by atoms with van der Waals surface area (Å²) in [6.07, 6.45) is 11.5. The van der Waals surface area contributed by atoms with Gasteiger partial charge in [-0.05, 0) is 19.3 Å². The van der Waals surface area contributed by atoms with Gasteiger partial charge in [0.1, 0.15) is 6.10 Å². The fraction of sp³-hybridized carbons (Fsp3) is 0.846. The number of unbranched alkanes of at least 4 members (excludes halogenated alkanes) is 6. The predicted molar refractivity (Wildman–Crippen MR) is 63.1 cm³/mol. The fourth-order valence-electron chi connectivity index (χ4n) is 1.58. The smallest absolute Gasteiger partial charge is 0.104 e. The third-order valence-corrected chi connectivity index (χ3v) is 2.65. The highest BCUT2D eigenvalue weighted by molar-refractivity contribution is 4.67. The molecule has 1 aliphatic heterocycles. The summed E-state index contributed by atoms with van der Waals surface area (Å²) >= 11 is 0. The summed E-state index contributed by atoms with van der Waals surface area (Å²) in [6, 6.07) is 0. The van der Waals surface area contributed by atoms with Crippen LogP contribution in [0.1, 0.15) is 44.9 Å². The minimum Gasteiger partial charge on any atom is -0.379 e. The first-order valence-corrected chi connectivity index (χ1v) is 6.23. The Hall–Kier alpha value is -0.340. The summed E-state index contributed by atoms with van der Waals surface area (Å²) in [5.41, 5.74) is 0. The minimum atomic E-state index is 0.420. The first kappa shape index (κ1) is 12.7. The summed E-state index contributed by atoms with van der Waals surface area (Å²) in [5, 5.41) is 0. The largest absolute Gasteiger partial charge is 0.379 e. The molecule has 0 aromatic rings. The zero-order valence-corrected chi connectivity index (χ0v) is 9.75. The van der Waals surface area contributed by atoms with E-state index < -0.39 is 0 Å². The zero-order valence-electron chi connectivity index (χ0n) is 9.75. The van der Waals surface area contributed by atoms with E-state index in [2.05, 4.69) is 6.58 Å². The molecule has 1 saturated heterocycles. The molecule has 0 bridgehead atoms. The van der Waals surface area contributed by atoms with Crippen molar-refractivity contribution in [3.8, 4) is 0 Å². The molecule has 0 radical (unpaired) electrons. The van der Waals surface area contributed by atoms with Crippen LogP contribution in [0.4, 0.5) is 0 Å². The van der Waals surface area contributed by atoms with E-state index in [0.717, 1.165) is 19.8 Å². The highest BCUT2D eigenvalue weighted by Crippen LogP contribution is 2.10. The molecule has 15 heavy (non-hydrogen) atoms. The van der Waals surface area contributed by atoms with E-state index in [1.165, 1.54) is 44.9 Å². The van der Waals surface area contributed by atoms with E-state index in [4.69, 9.17) is 9.47 Å². The average Bonchev–Trinajstić information content (AvgIpc) is 3.05. The monoisotopic (exact) mass is 212 g/mol. The molecular formula is C13H24O2. The molecule has 2 heteroatoms. The van der Waals surface area contributed by atoms with Crippen LogP contribution in [0.2, 0.25) is 0 Å². The second-order valence-electron chi connectivity index (χ2n) is 4.23. The van der Waals surface area contributed by atoms with Gasteiger partial charge in [0, 0.05) is 6.61 Å². The molecular weight excluding hydrogens is 188 g/mol. The molecule has 1 atom stereocenters. The van der Waals surface area contributed by atoms with Gasteiger partial charge in [0.05, 0.1) is 13.2 Å². The Morgan fingerprint density at radius 2 is 1.80 bits per heavy atom. The van der Waals surface area contributed by atoms with Crippen molar-refractivity contribution < 1.29 is 9.47 Å². The van der Waals surface area contributed by atoms with E-state index in [1.807, 2.05) is 6.08 Å². The normalized spacial score (nSPS) is 19.1. The maximum absolute atomic E-state index is 5.46. The second-order valence-corrected chi connectivity index (χ2v) is 4.23. The summed E-state index contributed by atoms with van der Waals surface area (Å²) in [7, 11) is 0. The van der Waals surface area contributed by atoms with Crippen LogP contribution in [-0.4, -0.2) is 25.9 Å². The molecule has 1 rings (SSSR count). The van der Waals surface area contributed by atoms with Crippen LogP contribution in [-0.2, 0) is 9.47 Å². The Labute approximate surface area is 93.7 Å². The zero-order chi connectivity index (χ0) is 10.8. The molecule has 88 valence electrons. The molecule has 1 aliphatic rings. The topological polar surface area (TPSA) is 21.8 Å². The molecule has 0 amide bonds. The highest BCUT2D eigenvalue weighted by Gasteiger charge is 2.21. The lowest BCUT2D eigenvalue weighted by molar-refractivity contribution is 0.113. The molecule has 0 aliphatic carbocycles. The molecule has 0 spiro atoms. The van der Waals surface area contributed by atoms with E-state index >= 15 is 0 Å². The molecule has 2 nitrogen and oxygen atoms in total. The predicted octanol–water partition coefficient (Wildman–Crippen LogP) is 3.32. The van der Waals surface area contributed by atoms with Crippen LogP contribution in [0.15, 0.2) is 12.7 Å². The summed E-state index contributed by atoms with van der Waals surface area (Å²) in [4.78, 5) is 0. The van der Waals surface area contributed by atoms with Crippen molar-refractivity contribution >= 4 is 0 Å². The van der Waals surface area contributed by atoms with Crippen LogP contribution >= 0.6 is 0 Å². The van der Waals surface area contributed by atoms with Gasteiger partial charge in [-0.3, -0.25) is 0 Å². The molecule has 0 aromatic carbocycles. The number of epoxide rings is 1. The van der Waals surface area contributed by atoms with Gasteiger partial charge >= 0.3 is 0 Å². The Kier molecular flexibility index (Phi) is 7.58. The summed E-state index contributed by atoms with van der Waals surface area (Å²) < 4.78 is 10.5. The van der Waals surface area contributed by atoms with Gasteiger partial charge in [0.25, 0.3) is 0 Å². The maximum Gasteiger partial charge on any atom is 0.104 e. The van der Waals surface area contributed by atoms with Crippen molar-refractivity contribution in [2.45, 2.75) is 51.0 Å². The number of rotatable bonds is 11. The average molecular weight is 212 g/mol. The van der Waals surface area contributed by atoms with Crippen LogP contribution in [0, 0.1) is 0 Å². The van der Waals surface area contributed by atoms with Gasteiger partial charge in [-0.2, -0.15) is 0 Å².